The van der Waals surface area contributed by atoms with Crippen LogP contribution in [0.2, 0.25) is 0 Å². The van der Waals surface area contributed by atoms with Crippen LogP contribution in [-0.2, 0) is 5.41 Å². The van der Waals surface area contributed by atoms with Crippen LogP contribution in [0.4, 0.5) is 0 Å². The van der Waals surface area contributed by atoms with Crippen molar-refractivity contribution < 1.29 is 4.42 Å². The minimum Gasteiger partial charge on any atom is -0.438 e. The van der Waals surface area contributed by atoms with E-state index in [1.165, 1.54) is 65.0 Å². The average Bonchev–Trinajstić information content (AvgIpc) is 1.52. The predicted octanol–water partition coefficient (Wildman–Crippen LogP) is 29.3. The summed E-state index contributed by atoms with van der Waals surface area (Å²) in [5.74, 6) is 1.70. The number of hydrogen-bond donors (Lipinski definition) is 0. The molecule has 0 spiro atoms. The molecular formula is C113H70N8O. The summed E-state index contributed by atoms with van der Waals surface area (Å²) in [6.07, 6.45) is 1.93. The summed E-state index contributed by atoms with van der Waals surface area (Å²) >= 11 is 0. The molecule has 0 saturated carbocycles. The lowest BCUT2D eigenvalue weighted by Crippen LogP contribution is -2.14. The van der Waals surface area contributed by atoms with Crippen molar-refractivity contribution in [3.63, 3.8) is 0 Å². The van der Waals surface area contributed by atoms with Gasteiger partial charge in [0.25, 0.3) is 0 Å². The average molecular weight is 1560 g/mol. The molecule has 122 heavy (non-hydrogen) atoms. The van der Waals surface area contributed by atoms with Gasteiger partial charge in [-0.15, -0.1) is 0 Å². The summed E-state index contributed by atoms with van der Waals surface area (Å²) in [7, 11) is 0. The Hall–Kier alpha value is -16.1. The van der Waals surface area contributed by atoms with Gasteiger partial charge in [0.2, 0.25) is 11.7 Å². The lowest BCUT2D eigenvalue weighted by Gasteiger charge is -2.21. The highest BCUT2D eigenvalue weighted by Gasteiger charge is 2.36. The van der Waals surface area contributed by atoms with E-state index in [4.69, 9.17) is 24.4 Å². The van der Waals surface area contributed by atoms with E-state index in [1.807, 2.05) is 18.3 Å². The van der Waals surface area contributed by atoms with Crippen molar-refractivity contribution in [2.45, 2.75) is 19.3 Å². The van der Waals surface area contributed by atoms with Crippen molar-refractivity contribution in [2.24, 2.45) is 0 Å². The van der Waals surface area contributed by atoms with Crippen LogP contribution in [0.25, 0.3) is 243 Å². The van der Waals surface area contributed by atoms with Crippen molar-refractivity contribution in [2.75, 3.05) is 0 Å². The number of pyridine rings is 1. The molecular weight excluding hydrogens is 1490 g/mol. The molecule has 0 radical (unpaired) electrons. The first-order chi connectivity index (χ1) is 60.3. The SMILES string of the molecule is CC1(C)c2cccc3c4cc(-c5cccc(-c6cccc(-c7ccc(-c8ccc9c(c8)c8ccccc8n9-c8ccc9oc%10ncc(-n%11c%12ccccc%12c%12ccccc%12%11)cc%10c9c8)cc7)c6)c5)c(-c5cc6c7ccccc7n(-c7ccccc7)c6c6c5c5ccccc5n6-c5nc(-c6ccccc6)nc(-c6ccccc6)n5)cc4c4cccc1c4c23. The number of furan rings is 1. The lowest BCUT2D eigenvalue weighted by molar-refractivity contribution is 0.654. The maximum absolute atomic E-state index is 6.49. The van der Waals surface area contributed by atoms with Crippen LogP contribution < -0.4 is 0 Å². The molecule has 0 atom stereocenters. The molecule has 0 aliphatic heterocycles. The molecule has 0 N–H and O–H groups in total. The Kier molecular flexibility index (Phi) is 14.5. The molecule has 0 bridgehead atoms. The van der Waals surface area contributed by atoms with Gasteiger partial charge in [0.1, 0.15) is 5.58 Å². The van der Waals surface area contributed by atoms with Crippen molar-refractivity contribution in [3.05, 3.63) is 400 Å². The third-order valence-corrected chi connectivity index (χ3v) is 26.2. The molecule has 9 nitrogen and oxygen atoms in total. The van der Waals surface area contributed by atoms with E-state index in [0.717, 1.165) is 166 Å². The highest BCUT2D eigenvalue weighted by atomic mass is 16.3. The maximum atomic E-state index is 6.49. The fraction of sp³-hybridized carbons (Fsp3) is 0.0265. The summed E-state index contributed by atoms with van der Waals surface area (Å²) in [4.78, 5) is 21.4. The molecule has 18 aromatic carbocycles. The quantitative estimate of drug-likeness (QED) is 0.121. The minimum absolute atomic E-state index is 0.199. The van der Waals surface area contributed by atoms with Gasteiger partial charge in [0, 0.05) is 76.4 Å². The monoisotopic (exact) mass is 1550 g/mol. The predicted molar refractivity (Wildman–Crippen MR) is 505 cm³/mol. The fourth-order valence-corrected chi connectivity index (χ4v) is 20.7. The molecule has 9 heteroatoms. The molecule has 0 fully saturated rings. The third kappa shape index (κ3) is 9.99. The van der Waals surface area contributed by atoms with E-state index in [0.29, 0.717) is 23.3 Å². The van der Waals surface area contributed by atoms with Gasteiger partial charge in [0.15, 0.2) is 11.6 Å². The van der Waals surface area contributed by atoms with E-state index >= 15 is 0 Å². The highest BCUT2D eigenvalue weighted by molar-refractivity contribution is 6.33. The van der Waals surface area contributed by atoms with Crippen LogP contribution in [0.15, 0.2) is 393 Å². The zero-order valence-corrected chi connectivity index (χ0v) is 66.4. The Morgan fingerprint density at radius 1 is 0.238 bits per heavy atom. The molecule has 26 rings (SSSR count). The van der Waals surface area contributed by atoms with Crippen LogP contribution in [0, 0.1) is 0 Å². The Labute approximate surface area is 699 Å². The largest absolute Gasteiger partial charge is 0.438 e. The normalized spacial score (nSPS) is 12.7. The van der Waals surface area contributed by atoms with Gasteiger partial charge in [-0.2, -0.15) is 9.97 Å². The topological polar surface area (TPSA) is 84.4 Å². The highest BCUT2D eigenvalue weighted by Crippen LogP contribution is 2.55. The van der Waals surface area contributed by atoms with Crippen LogP contribution in [0.5, 0.6) is 0 Å². The van der Waals surface area contributed by atoms with Gasteiger partial charge in [-0.05, 0) is 208 Å². The lowest BCUT2D eigenvalue weighted by atomic mass is 9.82. The number of nitrogens with zero attached hydrogens (tertiary/aromatic N) is 8. The van der Waals surface area contributed by atoms with E-state index in [9.17, 15) is 0 Å². The van der Waals surface area contributed by atoms with Crippen LogP contribution in [0.1, 0.15) is 25.0 Å². The van der Waals surface area contributed by atoms with Gasteiger partial charge in [-0.1, -0.05) is 287 Å². The summed E-state index contributed by atoms with van der Waals surface area (Å²) < 4.78 is 16.0. The minimum atomic E-state index is -0.199. The molecule has 7 aromatic heterocycles. The second-order valence-corrected chi connectivity index (χ2v) is 33.1. The molecule has 1 aliphatic rings. The first kappa shape index (κ1) is 68.0. The summed E-state index contributed by atoms with van der Waals surface area (Å²) in [6.45, 7) is 4.79. The van der Waals surface area contributed by atoms with Gasteiger partial charge >= 0.3 is 0 Å². The van der Waals surface area contributed by atoms with Crippen LogP contribution >= 0.6 is 0 Å². The first-order valence-corrected chi connectivity index (χ1v) is 41.8. The van der Waals surface area contributed by atoms with Gasteiger partial charge in [0.05, 0.1) is 61.4 Å². The summed E-state index contributed by atoms with van der Waals surface area (Å²) in [5, 5.41) is 18.8. The van der Waals surface area contributed by atoms with Crippen molar-refractivity contribution in [1.29, 1.82) is 0 Å². The second kappa shape index (κ2) is 25.9. The Morgan fingerprint density at radius 3 is 1.28 bits per heavy atom. The van der Waals surface area contributed by atoms with E-state index < -0.39 is 0 Å². The number of para-hydroxylation sites is 6. The summed E-state index contributed by atoms with van der Waals surface area (Å²) in [5.41, 5.74) is 28.8. The standard InChI is InChI=1S/C113H70N8O/c1-113(2)95-43-24-41-83-87-63-86(89(64-88(87)84-42-25-44-96(113)106(84)105(83)95)92-65-93-82-39-15-20-48-100(82)120(76-34-10-5-11-35-76)107(93)108-104(92)85-40-16-21-49-101(85)121(108)112-116-109(69-26-6-3-7-27-69)115-110(117-112)70-28-8-4-9-29-70)75-33-23-32-73(59-75)72-31-22-30-71(58-72)67-50-52-68(53-51-67)74-54-56-102-90(60-74)81-38-14-19-47-99(81)118(102)77-55-57-103-91(61-77)94-62-78(66-114-111(94)122-103)119-97-45-17-12-36-79(97)80-37-13-18-46-98(80)119/h3-66H,1-2H3. The Bertz CT molecular complexity index is 8670. The smallest absolute Gasteiger partial charge is 0.238 e. The zero-order chi connectivity index (χ0) is 80.2. The number of fused-ring (bicyclic) bond motifs is 19. The zero-order valence-electron chi connectivity index (χ0n) is 66.4. The molecule has 1 aliphatic carbocycles. The second-order valence-electron chi connectivity index (χ2n) is 33.1. The Balaban J connectivity index is 0.623. The van der Waals surface area contributed by atoms with E-state index in [1.54, 1.807) is 0 Å². The molecule has 0 unspecified atom stereocenters. The van der Waals surface area contributed by atoms with E-state index in [2.05, 4.69) is 402 Å². The number of aromatic nitrogens is 8. The third-order valence-electron chi connectivity index (χ3n) is 26.2. The molecule has 7 heterocycles. The molecule has 25 aromatic rings. The number of hydrogen-bond acceptors (Lipinski definition) is 5. The number of rotatable bonds is 11. The first-order valence-electron chi connectivity index (χ1n) is 41.8. The molecule has 0 saturated heterocycles. The van der Waals surface area contributed by atoms with E-state index in [-0.39, 0.29) is 5.41 Å². The van der Waals surface area contributed by atoms with Gasteiger partial charge in [-0.3, -0.25) is 4.57 Å². The van der Waals surface area contributed by atoms with Crippen LogP contribution in [-0.4, -0.2) is 38.2 Å². The van der Waals surface area contributed by atoms with Crippen molar-refractivity contribution in [1.82, 2.24) is 38.2 Å². The summed E-state index contributed by atoms with van der Waals surface area (Å²) in [6, 6.07) is 140. The molecule has 568 valence electrons. The van der Waals surface area contributed by atoms with Crippen LogP contribution in [0.3, 0.4) is 0 Å². The van der Waals surface area contributed by atoms with Crippen molar-refractivity contribution in [3.8, 4) is 101 Å². The Morgan fingerprint density at radius 2 is 0.672 bits per heavy atom. The van der Waals surface area contributed by atoms with Gasteiger partial charge in [-0.25, -0.2) is 9.97 Å². The van der Waals surface area contributed by atoms with Crippen molar-refractivity contribution >= 4 is 142 Å². The van der Waals surface area contributed by atoms with Gasteiger partial charge < -0.3 is 18.1 Å². The molecule has 0 amide bonds. The maximum Gasteiger partial charge on any atom is 0.238 e. The fourth-order valence-electron chi connectivity index (χ4n) is 20.7. The number of benzene rings is 18.